The van der Waals surface area contributed by atoms with Crippen LogP contribution in [0.3, 0.4) is 0 Å². The monoisotopic (exact) mass is 460 g/mol. The smallest absolute Gasteiger partial charge is 0.273 e. The van der Waals surface area contributed by atoms with Gasteiger partial charge in [0, 0.05) is 18.7 Å². The van der Waals surface area contributed by atoms with Gasteiger partial charge in [-0.1, -0.05) is 56.0 Å². The molecule has 0 unspecified atom stereocenters. The van der Waals surface area contributed by atoms with Gasteiger partial charge >= 0.3 is 0 Å². The number of carbonyl (C=O) groups excluding carboxylic acids is 2. The first-order chi connectivity index (χ1) is 16.5. The standard InChI is InChI=1S/C27H32N4O3/c1-27(26(33)28-21-12-7-2-3-8-13-21)19-31-23(18-22(29-31)24-14-9-17-34-24)25(32)30(27)16-15-20-10-5-4-6-11-20/h4-6,9-11,14,17-18,21H,2-3,7-8,12-13,15-16,19H2,1H3,(H,28,33)/t27-/m1/s1. The summed E-state index contributed by atoms with van der Waals surface area (Å²) in [5, 5.41) is 7.92. The number of hydrogen-bond donors (Lipinski definition) is 1. The van der Waals surface area contributed by atoms with E-state index in [0.29, 0.717) is 36.7 Å². The third-order valence-corrected chi connectivity index (χ3v) is 7.22. The van der Waals surface area contributed by atoms with Crippen molar-refractivity contribution in [3.05, 3.63) is 66.1 Å². The van der Waals surface area contributed by atoms with Crippen molar-refractivity contribution in [2.75, 3.05) is 6.54 Å². The van der Waals surface area contributed by atoms with Crippen LogP contribution in [0.25, 0.3) is 11.5 Å². The molecule has 0 saturated heterocycles. The van der Waals surface area contributed by atoms with Crippen LogP contribution in [0.15, 0.2) is 59.2 Å². The highest BCUT2D eigenvalue weighted by Crippen LogP contribution is 2.31. The van der Waals surface area contributed by atoms with Crippen LogP contribution in [0, 0.1) is 0 Å². The van der Waals surface area contributed by atoms with Crippen LogP contribution >= 0.6 is 0 Å². The zero-order chi connectivity index (χ0) is 23.5. The van der Waals surface area contributed by atoms with Gasteiger partial charge in [0.1, 0.15) is 16.9 Å². The second-order valence-corrected chi connectivity index (χ2v) is 9.68. The van der Waals surface area contributed by atoms with E-state index < -0.39 is 5.54 Å². The lowest BCUT2D eigenvalue weighted by Crippen LogP contribution is -2.65. The summed E-state index contributed by atoms with van der Waals surface area (Å²) in [6.07, 6.45) is 8.96. The fourth-order valence-corrected chi connectivity index (χ4v) is 5.19. The predicted molar refractivity (Wildman–Crippen MR) is 129 cm³/mol. The number of furan rings is 1. The van der Waals surface area contributed by atoms with Gasteiger partial charge < -0.3 is 14.6 Å². The zero-order valence-corrected chi connectivity index (χ0v) is 19.7. The summed E-state index contributed by atoms with van der Waals surface area (Å²) >= 11 is 0. The second-order valence-electron chi connectivity index (χ2n) is 9.68. The Balaban J connectivity index is 1.45. The molecule has 0 bridgehead atoms. The molecule has 1 aliphatic carbocycles. The molecule has 34 heavy (non-hydrogen) atoms. The normalized spacial score (nSPS) is 21.2. The molecule has 1 N–H and O–H groups in total. The fraction of sp³-hybridized carbons (Fsp3) is 0.444. The number of rotatable bonds is 6. The number of nitrogens with zero attached hydrogens (tertiary/aromatic N) is 3. The first kappa shape index (κ1) is 22.4. The van der Waals surface area contributed by atoms with Crippen LogP contribution in [0.2, 0.25) is 0 Å². The Labute approximate surface area is 200 Å². The van der Waals surface area contributed by atoms with Gasteiger partial charge in [0.2, 0.25) is 5.91 Å². The Morgan fingerprint density at radius 2 is 1.88 bits per heavy atom. The maximum atomic E-state index is 13.7. The minimum atomic E-state index is -1.03. The fourth-order valence-electron chi connectivity index (χ4n) is 5.19. The van der Waals surface area contributed by atoms with Crippen molar-refractivity contribution in [3.8, 4) is 11.5 Å². The second kappa shape index (κ2) is 9.49. The molecule has 0 radical (unpaired) electrons. The highest BCUT2D eigenvalue weighted by molar-refractivity contribution is 6.00. The lowest BCUT2D eigenvalue weighted by atomic mass is 9.93. The number of nitrogens with one attached hydrogen (secondary N) is 1. The Morgan fingerprint density at radius 1 is 1.12 bits per heavy atom. The molecule has 7 heteroatoms. The lowest BCUT2D eigenvalue weighted by molar-refractivity contribution is -0.133. The molecule has 1 aromatic carbocycles. The summed E-state index contributed by atoms with van der Waals surface area (Å²) in [6, 6.07) is 15.6. The number of fused-ring (bicyclic) bond motifs is 1. The van der Waals surface area contributed by atoms with Gasteiger partial charge in [-0.05, 0) is 43.9 Å². The predicted octanol–water partition coefficient (Wildman–Crippen LogP) is 4.44. The van der Waals surface area contributed by atoms with Gasteiger partial charge in [-0.2, -0.15) is 5.10 Å². The summed E-state index contributed by atoms with van der Waals surface area (Å²) in [5.41, 5.74) is 1.19. The van der Waals surface area contributed by atoms with E-state index >= 15 is 0 Å². The van der Waals surface area contributed by atoms with E-state index in [9.17, 15) is 9.59 Å². The van der Waals surface area contributed by atoms with Gasteiger partial charge in [0.05, 0.1) is 12.8 Å². The first-order valence-electron chi connectivity index (χ1n) is 12.3. The van der Waals surface area contributed by atoms with E-state index in [4.69, 9.17) is 4.42 Å². The maximum Gasteiger partial charge on any atom is 0.273 e. The first-order valence-corrected chi connectivity index (χ1v) is 12.3. The van der Waals surface area contributed by atoms with E-state index in [-0.39, 0.29) is 17.9 Å². The van der Waals surface area contributed by atoms with E-state index in [2.05, 4.69) is 22.5 Å². The topological polar surface area (TPSA) is 80.4 Å². The largest absolute Gasteiger partial charge is 0.463 e. The average molecular weight is 461 g/mol. The Bertz CT molecular complexity index is 1130. The molecule has 2 amide bonds. The quantitative estimate of drug-likeness (QED) is 0.552. The van der Waals surface area contributed by atoms with E-state index in [0.717, 1.165) is 31.2 Å². The van der Waals surface area contributed by atoms with Gasteiger partial charge in [0.15, 0.2) is 5.76 Å². The number of amides is 2. The van der Waals surface area contributed by atoms with Crippen LogP contribution in [0.1, 0.15) is 61.5 Å². The summed E-state index contributed by atoms with van der Waals surface area (Å²) in [7, 11) is 0. The van der Waals surface area contributed by atoms with Gasteiger partial charge in [-0.3, -0.25) is 14.3 Å². The molecule has 2 aromatic heterocycles. The number of hydrogen-bond acceptors (Lipinski definition) is 4. The molecular weight excluding hydrogens is 428 g/mol. The van der Waals surface area contributed by atoms with Crippen LogP contribution < -0.4 is 5.32 Å². The van der Waals surface area contributed by atoms with Crippen molar-refractivity contribution in [1.29, 1.82) is 0 Å². The molecule has 1 saturated carbocycles. The highest BCUT2D eigenvalue weighted by Gasteiger charge is 2.48. The average Bonchev–Trinajstić information content (AvgIpc) is 3.45. The molecular formula is C27H32N4O3. The molecule has 3 heterocycles. The number of carbonyl (C=O) groups is 2. The van der Waals surface area contributed by atoms with Crippen molar-refractivity contribution in [2.24, 2.45) is 0 Å². The van der Waals surface area contributed by atoms with E-state index in [1.165, 1.54) is 12.8 Å². The van der Waals surface area contributed by atoms with Crippen molar-refractivity contribution < 1.29 is 14.0 Å². The number of benzene rings is 1. The molecule has 1 fully saturated rings. The molecule has 2 aliphatic rings. The van der Waals surface area contributed by atoms with Gasteiger partial charge in [-0.25, -0.2) is 0 Å². The third kappa shape index (κ3) is 4.39. The SMILES string of the molecule is C[C@]1(C(=O)NC2CCCCCC2)Cn2nc(-c3ccco3)cc2C(=O)N1CCc1ccccc1. The van der Waals surface area contributed by atoms with E-state index in [1.807, 2.05) is 31.2 Å². The molecule has 7 nitrogen and oxygen atoms in total. The Kier molecular flexibility index (Phi) is 6.26. The molecule has 1 aliphatic heterocycles. The van der Waals surface area contributed by atoms with Crippen molar-refractivity contribution in [1.82, 2.24) is 20.0 Å². The minimum Gasteiger partial charge on any atom is -0.463 e. The third-order valence-electron chi connectivity index (χ3n) is 7.22. The van der Waals surface area contributed by atoms with Gasteiger partial charge in [0.25, 0.3) is 5.91 Å². The minimum absolute atomic E-state index is 0.0958. The highest BCUT2D eigenvalue weighted by atomic mass is 16.3. The summed E-state index contributed by atoms with van der Waals surface area (Å²) < 4.78 is 7.17. The molecule has 0 spiro atoms. The molecule has 5 rings (SSSR count). The zero-order valence-electron chi connectivity index (χ0n) is 19.7. The van der Waals surface area contributed by atoms with Crippen molar-refractivity contribution in [3.63, 3.8) is 0 Å². The van der Waals surface area contributed by atoms with Crippen molar-refractivity contribution in [2.45, 2.75) is 70.0 Å². The van der Waals surface area contributed by atoms with Crippen LogP contribution in [0.4, 0.5) is 0 Å². The molecule has 178 valence electrons. The Morgan fingerprint density at radius 3 is 2.59 bits per heavy atom. The number of aromatic nitrogens is 2. The summed E-state index contributed by atoms with van der Waals surface area (Å²) in [6.45, 7) is 2.64. The van der Waals surface area contributed by atoms with Crippen LogP contribution in [-0.4, -0.2) is 44.6 Å². The summed E-state index contributed by atoms with van der Waals surface area (Å²) in [4.78, 5) is 29.2. The van der Waals surface area contributed by atoms with Crippen molar-refractivity contribution >= 4 is 11.8 Å². The Hall–Kier alpha value is -3.35. The molecule has 3 aromatic rings. The van der Waals surface area contributed by atoms with E-state index in [1.54, 1.807) is 28.0 Å². The van der Waals surface area contributed by atoms with Gasteiger partial charge in [-0.15, -0.1) is 0 Å². The lowest BCUT2D eigenvalue weighted by Gasteiger charge is -2.44. The van der Waals surface area contributed by atoms with Crippen LogP contribution in [0.5, 0.6) is 0 Å². The summed E-state index contributed by atoms with van der Waals surface area (Å²) in [5.74, 6) is 0.336. The van der Waals surface area contributed by atoms with Crippen LogP contribution in [-0.2, 0) is 17.8 Å². The maximum absolute atomic E-state index is 13.7. The molecule has 1 atom stereocenters.